The molecule has 0 amide bonds. The molecule has 13 heteroatoms. The second kappa shape index (κ2) is 53.0. The van der Waals surface area contributed by atoms with E-state index in [-0.39, 0.29) is 12.6 Å². The molecule has 13 nitrogen and oxygen atoms in total. The van der Waals surface area contributed by atoms with Crippen molar-refractivity contribution >= 4 is 5.97 Å². The molecule has 0 radical (unpaired) electrons. The summed E-state index contributed by atoms with van der Waals surface area (Å²) in [5.41, 5.74) is 0. The molecule has 0 aromatic heterocycles. The molecule has 342 valence electrons. The Morgan fingerprint density at radius 1 is 0.246 bits per heavy atom. The van der Waals surface area contributed by atoms with E-state index in [0.717, 1.165) is 25.9 Å². The number of hydrogen-bond acceptors (Lipinski definition) is 13. The third-order valence-corrected chi connectivity index (χ3v) is 8.84. The fourth-order valence-corrected chi connectivity index (χ4v) is 5.51. The van der Waals surface area contributed by atoms with E-state index in [1.807, 2.05) is 0 Å². The molecule has 0 rings (SSSR count). The van der Waals surface area contributed by atoms with E-state index in [2.05, 4.69) is 13.8 Å². The normalized spacial score (nSPS) is 11.5. The van der Waals surface area contributed by atoms with Crippen molar-refractivity contribution < 1.29 is 61.6 Å². The number of hydrogen-bond donors (Lipinski definition) is 0. The van der Waals surface area contributed by atoms with Crippen LogP contribution in [0.15, 0.2) is 0 Å². The number of ether oxygens (including phenoxy) is 12. The summed E-state index contributed by atoms with van der Waals surface area (Å²) < 4.78 is 65.9. The fourth-order valence-electron chi connectivity index (χ4n) is 5.51. The third-order valence-electron chi connectivity index (χ3n) is 8.84. The third kappa shape index (κ3) is 53.0. The highest BCUT2D eigenvalue weighted by Gasteiger charge is 2.03. The average molecular weight is 825 g/mol. The van der Waals surface area contributed by atoms with E-state index in [1.165, 1.54) is 89.9 Å². The van der Waals surface area contributed by atoms with Gasteiger partial charge in [-0.05, 0) is 12.8 Å². The highest BCUT2D eigenvalue weighted by Crippen LogP contribution is 2.11. The minimum Gasteiger partial charge on any atom is -0.463 e. The van der Waals surface area contributed by atoms with Crippen molar-refractivity contribution in [3.8, 4) is 0 Å². The van der Waals surface area contributed by atoms with Crippen LogP contribution in [0.4, 0.5) is 0 Å². The van der Waals surface area contributed by atoms with Gasteiger partial charge in [-0.3, -0.25) is 4.79 Å². The summed E-state index contributed by atoms with van der Waals surface area (Å²) in [4.78, 5) is 11.7. The lowest BCUT2D eigenvalue weighted by Gasteiger charge is -2.09. The van der Waals surface area contributed by atoms with Crippen LogP contribution in [0.2, 0.25) is 0 Å². The minimum atomic E-state index is -0.142. The van der Waals surface area contributed by atoms with Gasteiger partial charge in [0.25, 0.3) is 0 Å². The quantitative estimate of drug-likeness (QED) is 0.0438. The van der Waals surface area contributed by atoms with E-state index >= 15 is 0 Å². The summed E-state index contributed by atoms with van der Waals surface area (Å²) >= 11 is 0. The molecule has 0 atom stereocenters. The molecule has 0 aliphatic carbocycles. The summed E-state index contributed by atoms with van der Waals surface area (Å²) in [5.74, 6) is -0.142. The molecular formula is C44H88O13. The SMILES string of the molecule is CCCCCCCCCCCCCOCCOCCOCCOCCOCCOCCOCCOCCOCCOCCOCCOC(=O)CCCCCCCC. The largest absolute Gasteiger partial charge is 0.463 e. The van der Waals surface area contributed by atoms with Gasteiger partial charge in [-0.15, -0.1) is 0 Å². The molecule has 57 heavy (non-hydrogen) atoms. The van der Waals surface area contributed by atoms with Gasteiger partial charge in [-0.1, -0.05) is 110 Å². The molecule has 0 aromatic carbocycles. The van der Waals surface area contributed by atoms with Gasteiger partial charge < -0.3 is 56.8 Å². The molecule has 0 aliphatic heterocycles. The van der Waals surface area contributed by atoms with Crippen molar-refractivity contribution in [2.45, 2.75) is 129 Å². The Kier molecular flexibility index (Phi) is 52.1. The lowest BCUT2D eigenvalue weighted by Crippen LogP contribution is -2.15. The zero-order chi connectivity index (χ0) is 41.1. The fraction of sp³-hybridized carbons (Fsp3) is 0.977. The van der Waals surface area contributed by atoms with Crippen LogP contribution in [0.25, 0.3) is 0 Å². The number of carbonyl (C=O) groups excluding carboxylic acids is 1. The topological polar surface area (TPSA) is 128 Å². The Labute approximate surface area is 348 Å². The number of unbranched alkanes of at least 4 members (excludes halogenated alkanes) is 15. The average Bonchev–Trinajstić information content (AvgIpc) is 3.22. The molecule has 0 saturated carbocycles. The number of esters is 1. The Morgan fingerprint density at radius 2 is 0.456 bits per heavy atom. The van der Waals surface area contributed by atoms with Crippen molar-refractivity contribution in [2.75, 3.05) is 152 Å². The highest BCUT2D eigenvalue weighted by atomic mass is 16.6. The summed E-state index contributed by atoms with van der Waals surface area (Å²) in [5, 5.41) is 0. The summed E-state index contributed by atoms with van der Waals surface area (Å²) in [6.07, 6.45) is 22.3. The Hall–Kier alpha value is -0.970. The van der Waals surface area contributed by atoms with Gasteiger partial charge in [-0.25, -0.2) is 0 Å². The van der Waals surface area contributed by atoms with E-state index in [0.29, 0.717) is 145 Å². The van der Waals surface area contributed by atoms with Gasteiger partial charge >= 0.3 is 5.97 Å². The summed E-state index contributed by atoms with van der Waals surface area (Å²) in [6.45, 7) is 16.4. The predicted octanol–water partition coefficient (Wildman–Crippen LogP) is 7.77. The standard InChI is InChI=1S/C44H88O13/c1-3-5-7-9-11-12-13-14-15-17-19-21-46-22-23-47-24-25-48-26-27-49-28-29-50-30-31-51-32-33-52-34-35-53-36-37-54-38-39-55-40-41-56-42-43-57-44(45)20-18-16-10-8-6-4-2/h3-43H2,1-2H3. The Morgan fingerprint density at radius 3 is 0.737 bits per heavy atom. The van der Waals surface area contributed by atoms with Crippen molar-refractivity contribution in [1.82, 2.24) is 0 Å². The van der Waals surface area contributed by atoms with Gasteiger partial charge in [0.05, 0.1) is 139 Å². The van der Waals surface area contributed by atoms with Crippen LogP contribution in [0, 0.1) is 0 Å². The maximum atomic E-state index is 11.7. The lowest BCUT2D eigenvalue weighted by molar-refractivity contribution is -0.145. The smallest absolute Gasteiger partial charge is 0.305 e. The Bertz CT molecular complexity index is 734. The first kappa shape index (κ1) is 56.0. The van der Waals surface area contributed by atoms with Gasteiger partial charge in [-0.2, -0.15) is 0 Å². The van der Waals surface area contributed by atoms with Crippen molar-refractivity contribution in [3.05, 3.63) is 0 Å². The van der Waals surface area contributed by atoms with Gasteiger partial charge in [0.15, 0.2) is 0 Å². The molecule has 0 saturated heterocycles. The first-order valence-electron chi connectivity index (χ1n) is 22.8. The molecule has 0 spiro atoms. The molecule has 0 N–H and O–H groups in total. The maximum absolute atomic E-state index is 11.7. The Balaban J connectivity index is 3.09. The van der Waals surface area contributed by atoms with E-state index in [1.54, 1.807) is 0 Å². The zero-order valence-corrected chi connectivity index (χ0v) is 36.8. The van der Waals surface area contributed by atoms with Crippen LogP contribution in [-0.2, 0) is 61.6 Å². The van der Waals surface area contributed by atoms with Crippen LogP contribution in [-0.4, -0.2) is 158 Å². The van der Waals surface area contributed by atoms with Crippen molar-refractivity contribution in [3.63, 3.8) is 0 Å². The second-order valence-electron chi connectivity index (χ2n) is 14.0. The highest BCUT2D eigenvalue weighted by molar-refractivity contribution is 5.69. The monoisotopic (exact) mass is 825 g/mol. The maximum Gasteiger partial charge on any atom is 0.305 e. The van der Waals surface area contributed by atoms with Crippen molar-refractivity contribution in [1.29, 1.82) is 0 Å². The van der Waals surface area contributed by atoms with Gasteiger partial charge in [0.2, 0.25) is 0 Å². The van der Waals surface area contributed by atoms with Crippen LogP contribution in [0.5, 0.6) is 0 Å². The van der Waals surface area contributed by atoms with E-state index in [9.17, 15) is 4.79 Å². The first-order valence-corrected chi connectivity index (χ1v) is 22.8. The molecule has 0 bridgehead atoms. The van der Waals surface area contributed by atoms with Crippen molar-refractivity contribution in [2.24, 2.45) is 0 Å². The molecule has 0 aromatic rings. The predicted molar refractivity (Wildman–Crippen MR) is 224 cm³/mol. The molecule has 0 aliphatic rings. The van der Waals surface area contributed by atoms with E-state index in [4.69, 9.17) is 56.8 Å². The summed E-state index contributed by atoms with van der Waals surface area (Å²) in [6, 6.07) is 0. The number of rotatable bonds is 52. The minimum absolute atomic E-state index is 0.142. The van der Waals surface area contributed by atoms with Crippen LogP contribution >= 0.6 is 0 Å². The van der Waals surface area contributed by atoms with Gasteiger partial charge in [0, 0.05) is 13.0 Å². The van der Waals surface area contributed by atoms with Crippen LogP contribution in [0.3, 0.4) is 0 Å². The second-order valence-corrected chi connectivity index (χ2v) is 14.0. The van der Waals surface area contributed by atoms with Gasteiger partial charge in [0.1, 0.15) is 6.61 Å². The van der Waals surface area contributed by atoms with Crippen LogP contribution < -0.4 is 0 Å². The van der Waals surface area contributed by atoms with E-state index < -0.39 is 0 Å². The van der Waals surface area contributed by atoms with Crippen LogP contribution in [0.1, 0.15) is 129 Å². The summed E-state index contributed by atoms with van der Waals surface area (Å²) in [7, 11) is 0. The first-order chi connectivity index (χ1) is 28.3. The molecule has 0 fully saturated rings. The molecule has 0 heterocycles. The lowest BCUT2D eigenvalue weighted by atomic mass is 10.1. The molecular weight excluding hydrogens is 736 g/mol. The number of carbonyl (C=O) groups is 1. The zero-order valence-electron chi connectivity index (χ0n) is 36.8. The molecule has 0 unspecified atom stereocenters.